The van der Waals surface area contributed by atoms with E-state index in [2.05, 4.69) is 0 Å². The van der Waals surface area contributed by atoms with E-state index < -0.39 is 6.10 Å². The molecule has 0 saturated heterocycles. The molecular weight excluding hydrogens is 170 g/mol. The Hall–Kier alpha value is -0.610. The minimum atomic E-state index is -0.572. The van der Waals surface area contributed by atoms with E-state index in [0.717, 1.165) is 12.8 Å². The number of carbonyl (C=O) groups excluding carboxylic acids is 1. The molecule has 0 bridgehead atoms. The Morgan fingerprint density at radius 1 is 1.69 bits per heavy atom. The van der Waals surface area contributed by atoms with E-state index in [1.807, 2.05) is 0 Å². The van der Waals surface area contributed by atoms with Gasteiger partial charge in [-0.05, 0) is 12.8 Å². The van der Waals surface area contributed by atoms with E-state index in [1.54, 1.807) is 11.9 Å². The molecular formula is C9H17NO3. The number of aliphatic hydroxyl groups excluding tert-OH is 1. The number of amides is 1. The van der Waals surface area contributed by atoms with Crippen LogP contribution < -0.4 is 0 Å². The van der Waals surface area contributed by atoms with E-state index in [9.17, 15) is 9.90 Å². The Bertz CT molecular complexity index is 180. The molecule has 0 aromatic carbocycles. The molecule has 76 valence electrons. The van der Waals surface area contributed by atoms with Gasteiger partial charge in [-0.1, -0.05) is 0 Å². The second-order valence-corrected chi connectivity index (χ2v) is 3.60. The SMILES string of the molecule is COCC(O)CN(C)C(=O)C1CC1. The summed E-state index contributed by atoms with van der Waals surface area (Å²) in [6.45, 7) is 0.644. The summed E-state index contributed by atoms with van der Waals surface area (Å²) in [4.78, 5) is 13.0. The van der Waals surface area contributed by atoms with Gasteiger partial charge in [0.05, 0.1) is 12.7 Å². The lowest BCUT2D eigenvalue weighted by Gasteiger charge is -2.20. The Morgan fingerprint density at radius 3 is 2.77 bits per heavy atom. The number of hydrogen-bond donors (Lipinski definition) is 1. The number of likely N-dealkylation sites (N-methyl/N-ethyl adjacent to an activating group) is 1. The number of aliphatic hydroxyl groups is 1. The summed E-state index contributed by atoms with van der Waals surface area (Å²) in [6.07, 6.45) is 1.44. The summed E-state index contributed by atoms with van der Waals surface area (Å²) in [5.41, 5.74) is 0. The number of carbonyl (C=O) groups is 1. The lowest BCUT2D eigenvalue weighted by molar-refractivity contribution is -0.132. The zero-order valence-electron chi connectivity index (χ0n) is 8.19. The van der Waals surface area contributed by atoms with Crippen LogP contribution in [0.15, 0.2) is 0 Å². The Morgan fingerprint density at radius 2 is 2.31 bits per heavy atom. The van der Waals surface area contributed by atoms with Crippen molar-refractivity contribution in [3.8, 4) is 0 Å². The van der Waals surface area contributed by atoms with Crippen molar-refractivity contribution >= 4 is 5.91 Å². The average Bonchev–Trinajstić information content (AvgIpc) is 2.85. The van der Waals surface area contributed by atoms with E-state index >= 15 is 0 Å². The Kier molecular flexibility index (Phi) is 3.69. The van der Waals surface area contributed by atoms with Gasteiger partial charge in [0.2, 0.25) is 5.91 Å². The first-order chi connectivity index (χ1) is 6.15. The van der Waals surface area contributed by atoms with Gasteiger partial charge < -0.3 is 14.7 Å². The summed E-state index contributed by atoms with van der Waals surface area (Å²) >= 11 is 0. The molecule has 1 aliphatic carbocycles. The lowest BCUT2D eigenvalue weighted by Crippen LogP contribution is -2.37. The predicted molar refractivity (Wildman–Crippen MR) is 48.2 cm³/mol. The number of nitrogens with zero attached hydrogens (tertiary/aromatic N) is 1. The molecule has 1 fully saturated rings. The van der Waals surface area contributed by atoms with Gasteiger partial charge in [-0.3, -0.25) is 4.79 Å². The van der Waals surface area contributed by atoms with Crippen LogP contribution in [0.4, 0.5) is 0 Å². The first-order valence-electron chi connectivity index (χ1n) is 4.57. The van der Waals surface area contributed by atoms with Crippen molar-refractivity contribution in [1.82, 2.24) is 4.90 Å². The maximum Gasteiger partial charge on any atom is 0.225 e. The van der Waals surface area contributed by atoms with Crippen LogP contribution in [0.2, 0.25) is 0 Å². The van der Waals surface area contributed by atoms with Gasteiger partial charge in [0.25, 0.3) is 0 Å². The molecule has 0 heterocycles. The van der Waals surface area contributed by atoms with Gasteiger partial charge >= 0.3 is 0 Å². The molecule has 1 rings (SSSR count). The minimum absolute atomic E-state index is 0.148. The number of hydrogen-bond acceptors (Lipinski definition) is 3. The molecule has 4 heteroatoms. The highest BCUT2D eigenvalue weighted by Gasteiger charge is 2.32. The molecule has 0 aromatic rings. The van der Waals surface area contributed by atoms with Crippen LogP contribution in [0, 0.1) is 5.92 Å². The van der Waals surface area contributed by atoms with E-state index in [-0.39, 0.29) is 18.4 Å². The van der Waals surface area contributed by atoms with E-state index in [1.165, 1.54) is 7.11 Å². The van der Waals surface area contributed by atoms with Crippen LogP contribution in [-0.4, -0.2) is 49.3 Å². The van der Waals surface area contributed by atoms with Crippen molar-refractivity contribution in [3.63, 3.8) is 0 Å². The van der Waals surface area contributed by atoms with Crippen molar-refractivity contribution in [2.75, 3.05) is 27.3 Å². The summed E-state index contributed by atoms with van der Waals surface area (Å²) < 4.78 is 4.77. The van der Waals surface area contributed by atoms with Crippen LogP contribution in [0.5, 0.6) is 0 Å². The molecule has 13 heavy (non-hydrogen) atoms. The first kappa shape index (κ1) is 10.5. The monoisotopic (exact) mass is 187 g/mol. The predicted octanol–water partition coefficient (Wildman–Crippen LogP) is -0.138. The highest BCUT2D eigenvalue weighted by molar-refractivity contribution is 5.80. The summed E-state index contributed by atoms with van der Waals surface area (Å²) in [6, 6.07) is 0. The third-order valence-corrected chi connectivity index (χ3v) is 2.15. The molecule has 1 aliphatic rings. The van der Waals surface area contributed by atoms with Crippen molar-refractivity contribution < 1.29 is 14.6 Å². The molecule has 1 saturated carbocycles. The van der Waals surface area contributed by atoms with Gasteiger partial charge in [0, 0.05) is 26.6 Å². The normalized spacial score (nSPS) is 18.4. The van der Waals surface area contributed by atoms with E-state index in [0.29, 0.717) is 6.54 Å². The van der Waals surface area contributed by atoms with Gasteiger partial charge in [0.1, 0.15) is 0 Å². The zero-order chi connectivity index (χ0) is 9.84. The Labute approximate surface area is 78.5 Å². The van der Waals surface area contributed by atoms with Crippen LogP contribution in [0.25, 0.3) is 0 Å². The molecule has 0 radical (unpaired) electrons. The summed E-state index contributed by atoms with van der Waals surface area (Å²) in [5, 5.41) is 9.35. The Balaban J connectivity index is 2.22. The standard InChI is InChI=1S/C9H17NO3/c1-10(5-8(11)6-13-2)9(12)7-3-4-7/h7-8,11H,3-6H2,1-2H3. The van der Waals surface area contributed by atoms with Gasteiger partial charge in [-0.25, -0.2) is 0 Å². The van der Waals surface area contributed by atoms with Crippen LogP contribution in [0.1, 0.15) is 12.8 Å². The summed E-state index contributed by atoms with van der Waals surface area (Å²) in [7, 11) is 3.26. The van der Waals surface area contributed by atoms with Crippen molar-refractivity contribution in [3.05, 3.63) is 0 Å². The van der Waals surface area contributed by atoms with Crippen molar-refractivity contribution in [2.24, 2.45) is 5.92 Å². The third-order valence-electron chi connectivity index (χ3n) is 2.15. The van der Waals surface area contributed by atoms with Gasteiger partial charge in [0.15, 0.2) is 0 Å². The fourth-order valence-electron chi connectivity index (χ4n) is 1.29. The van der Waals surface area contributed by atoms with Crippen LogP contribution >= 0.6 is 0 Å². The first-order valence-corrected chi connectivity index (χ1v) is 4.57. The average molecular weight is 187 g/mol. The van der Waals surface area contributed by atoms with Crippen molar-refractivity contribution in [2.45, 2.75) is 18.9 Å². The smallest absolute Gasteiger partial charge is 0.225 e. The van der Waals surface area contributed by atoms with Gasteiger partial charge in [-0.15, -0.1) is 0 Å². The molecule has 0 spiro atoms. The third kappa shape index (κ3) is 3.32. The largest absolute Gasteiger partial charge is 0.389 e. The van der Waals surface area contributed by atoms with Crippen LogP contribution in [0.3, 0.4) is 0 Å². The van der Waals surface area contributed by atoms with Gasteiger partial charge in [-0.2, -0.15) is 0 Å². The highest BCUT2D eigenvalue weighted by Crippen LogP contribution is 2.30. The molecule has 1 atom stereocenters. The lowest BCUT2D eigenvalue weighted by atomic mass is 10.3. The molecule has 0 aromatic heterocycles. The topological polar surface area (TPSA) is 49.8 Å². The molecule has 1 amide bonds. The minimum Gasteiger partial charge on any atom is -0.389 e. The van der Waals surface area contributed by atoms with E-state index in [4.69, 9.17) is 4.74 Å². The second kappa shape index (κ2) is 4.58. The maximum atomic E-state index is 11.4. The summed E-state index contributed by atoms with van der Waals surface area (Å²) in [5.74, 6) is 0.370. The number of methoxy groups -OCH3 is 1. The zero-order valence-corrected chi connectivity index (χ0v) is 8.19. The quantitative estimate of drug-likeness (QED) is 0.652. The molecule has 1 unspecified atom stereocenters. The number of rotatable bonds is 5. The number of ether oxygens (including phenoxy) is 1. The molecule has 1 N–H and O–H groups in total. The fourth-order valence-corrected chi connectivity index (χ4v) is 1.29. The highest BCUT2D eigenvalue weighted by atomic mass is 16.5. The van der Waals surface area contributed by atoms with Crippen LogP contribution in [-0.2, 0) is 9.53 Å². The maximum absolute atomic E-state index is 11.4. The molecule has 0 aliphatic heterocycles. The fraction of sp³-hybridized carbons (Fsp3) is 0.889. The van der Waals surface area contributed by atoms with Crippen molar-refractivity contribution in [1.29, 1.82) is 0 Å². The second-order valence-electron chi connectivity index (χ2n) is 3.60. The molecule has 4 nitrogen and oxygen atoms in total.